The number of benzene rings is 1. The van der Waals surface area contributed by atoms with Crippen molar-refractivity contribution in [1.82, 2.24) is 0 Å². The highest BCUT2D eigenvalue weighted by molar-refractivity contribution is 5.56. The fourth-order valence-electron chi connectivity index (χ4n) is 1.38. The van der Waals surface area contributed by atoms with Gasteiger partial charge < -0.3 is 11.1 Å². The first-order chi connectivity index (χ1) is 6.72. The number of nitrogens with one attached hydrogen (secondary N) is 1. The van der Waals surface area contributed by atoms with E-state index in [4.69, 9.17) is 5.73 Å². The van der Waals surface area contributed by atoms with Crippen LogP contribution >= 0.6 is 0 Å². The van der Waals surface area contributed by atoms with Crippen LogP contribution in [0, 0.1) is 6.92 Å². The van der Waals surface area contributed by atoms with E-state index in [9.17, 15) is 0 Å². The maximum atomic E-state index is 5.74. The van der Waals surface area contributed by atoms with Gasteiger partial charge in [0.05, 0.1) is 0 Å². The van der Waals surface area contributed by atoms with Gasteiger partial charge in [-0.15, -0.1) is 0 Å². The highest BCUT2D eigenvalue weighted by Gasteiger charge is 1.94. The zero-order valence-electron chi connectivity index (χ0n) is 8.88. The molecule has 0 aromatic heterocycles. The van der Waals surface area contributed by atoms with Gasteiger partial charge in [-0.2, -0.15) is 0 Å². The quantitative estimate of drug-likeness (QED) is 0.435. The van der Waals surface area contributed by atoms with Gasteiger partial charge in [0, 0.05) is 17.9 Å². The Morgan fingerprint density at radius 1 is 1.36 bits per heavy atom. The molecule has 0 unspecified atom stereocenters. The average molecular weight is 190 g/mol. The van der Waals surface area contributed by atoms with Crippen LogP contribution in [0.3, 0.4) is 0 Å². The molecule has 76 valence electrons. The zero-order valence-corrected chi connectivity index (χ0v) is 8.88. The first-order valence-electron chi connectivity index (χ1n) is 4.94. The molecular formula is C12H18N2. The Kier molecular flexibility index (Phi) is 4.05. The third-order valence-electron chi connectivity index (χ3n) is 1.98. The van der Waals surface area contributed by atoms with Crippen molar-refractivity contribution in [2.24, 2.45) is 0 Å². The summed E-state index contributed by atoms with van der Waals surface area (Å²) >= 11 is 0. The van der Waals surface area contributed by atoms with Gasteiger partial charge in [0.2, 0.25) is 0 Å². The van der Waals surface area contributed by atoms with Crippen molar-refractivity contribution in [3.8, 4) is 0 Å². The van der Waals surface area contributed by atoms with Gasteiger partial charge in [-0.05, 0) is 44.0 Å². The van der Waals surface area contributed by atoms with E-state index < -0.39 is 0 Å². The van der Waals surface area contributed by atoms with Crippen LogP contribution in [0.5, 0.6) is 0 Å². The molecule has 0 aliphatic heterocycles. The molecule has 1 rings (SSSR count). The molecule has 0 amide bonds. The van der Waals surface area contributed by atoms with Gasteiger partial charge in [-0.3, -0.25) is 0 Å². The Hall–Kier alpha value is -1.44. The summed E-state index contributed by atoms with van der Waals surface area (Å²) in [6.45, 7) is 5.03. The lowest BCUT2D eigenvalue weighted by atomic mass is 10.2. The van der Waals surface area contributed by atoms with Crippen LogP contribution in [-0.4, -0.2) is 6.54 Å². The second-order valence-corrected chi connectivity index (χ2v) is 3.42. The van der Waals surface area contributed by atoms with Gasteiger partial charge in [0.1, 0.15) is 0 Å². The summed E-state index contributed by atoms with van der Waals surface area (Å²) in [4.78, 5) is 0. The van der Waals surface area contributed by atoms with Gasteiger partial charge in [0.25, 0.3) is 0 Å². The van der Waals surface area contributed by atoms with Crippen molar-refractivity contribution in [3.05, 3.63) is 35.9 Å². The molecule has 0 saturated carbocycles. The molecular weight excluding hydrogens is 172 g/mol. The number of anilines is 2. The zero-order chi connectivity index (χ0) is 10.4. The first kappa shape index (κ1) is 10.6. The Bertz CT molecular complexity index is 296. The fourth-order valence-corrected chi connectivity index (χ4v) is 1.38. The third-order valence-corrected chi connectivity index (χ3v) is 1.98. The van der Waals surface area contributed by atoms with E-state index in [1.54, 1.807) is 0 Å². The molecule has 0 radical (unpaired) electrons. The summed E-state index contributed by atoms with van der Waals surface area (Å²) in [6.07, 6.45) is 5.25. The van der Waals surface area contributed by atoms with Gasteiger partial charge in [-0.1, -0.05) is 12.2 Å². The van der Waals surface area contributed by atoms with Gasteiger partial charge in [-0.25, -0.2) is 0 Å². The molecule has 2 nitrogen and oxygen atoms in total. The van der Waals surface area contributed by atoms with Crippen LogP contribution in [-0.2, 0) is 0 Å². The summed E-state index contributed by atoms with van der Waals surface area (Å²) in [5.41, 5.74) is 8.85. The Balaban J connectivity index is 2.50. The minimum Gasteiger partial charge on any atom is -0.399 e. The van der Waals surface area contributed by atoms with E-state index in [1.165, 1.54) is 5.56 Å². The highest BCUT2D eigenvalue weighted by Crippen LogP contribution is 2.15. The molecule has 0 aliphatic carbocycles. The maximum Gasteiger partial charge on any atom is 0.0363 e. The van der Waals surface area contributed by atoms with Crippen LogP contribution < -0.4 is 11.1 Å². The van der Waals surface area contributed by atoms with Crippen molar-refractivity contribution in [2.45, 2.75) is 20.3 Å². The molecule has 1 aromatic rings. The van der Waals surface area contributed by atoms with E-state index in [1.807, 2.05) is 26.0 Å². The summed E-state index contributed by atoms with van der Waals surface area (Å²) < 4.78 is 0. The van der Waals surface area contributed by atoms with Gasteiger partial charge >= 0.3 is 0 Å². The summed E-state index contributed by atoms with van der Waals surface area (Å²) in [5.74, 6) is 0. The second-order valence-electron chi connectivity index (χ2n) is 3.42. The number of rotatable bonds is 4. The molecule has 0 atom stereocenters. The molecule has 0 saturated heterocycles. The minimum atomic E-state index is 0.818. The molecule has 1 aromatic carbocycles. The summed E-state index contributed by atoms with van der Waals surface area (Å²) in [7, 11) is 0. The molecule has 0 aliphatic rings. The van der Waals surface area contributed by atoms with Gasteiger partial charge in [0.15, 0.2) is 0 Å². The molecule has 3 N–H and O–H groups in total. The van der Waals surface area contributed by atoms with Crippen molar-refractivity contribution < 1.29 is 0 Å². The normalized spacial score (nSPS) is 10.7. The lowest BCUT2D eigenvalue weighted by Gasteiger charge is -2.06. The van der Waals surface area contributed by atoms with Crippen LogP contribution in [0.15, 0.2) is 30.4 Å². The molecule has 0 heterocycles. The van der Waals surface area contributed by atoms with Crippen molar-refractivity contribution in [1.29, 1.82) is 0 Å². The van der Waals surface area contributed by atoms with Crippen LogP contribution in [0.2, 0.25) is 0 Å². The van der Waals surface area contributed by atoms with Crippen molar-refractivity contribution in [2.75, 3.05) is 17.6 Å². The molecule has 0 fully saturated rings. The number of hydrogen-bond donors (Lipinski definition) is 2. The summed E-state index contributed by atoms with van der Waals surface area (Å²) in [6, 6.07) is 6.03. The van der Waals surface area contributed by atoms with Crippen LogP contribution in [0.1, 0.15) is 18.9 Å². The number of nitrogens with two attached hydrogens (primary N) is 1. The Morgan fingerprint density at radius 3 is 2.79 bits per heavy atom. The van der Waals surface area contributed by atoms with E-state index in [0.717, 1.165) is 24.3 Å². The van der Waals surface area contributed by atoms with Crippen molar-refractivity contribution in [3.63, 3.8) is 0 Å². The summed E-state index contributed by atoms with van der Waals surface area (Å²) in [5, 5.41) is 3.33. The van der Waals surface area contributed by atoms with E-state index in [0.29, 0.717) is 0 Å². The third kappa shape index (κ3) is 3.52. The second kappa shape index (κ2) is 5.32. The molecule has 14 heavy (non-hydrogen) atoms. The fraction of sp³-hybridized carbons (Fsp3) is 0.333. The predicted octanol–water partition coefficient (Wildman–Crippen LogP) is 2.96. The monoisotopic (exact) mass is 190 g/mol. The van der Waals surface area contributed by atoms with Crippen molar-refractivity contribution >= 4 is 11.4 Å². The smallest absolute Gasteiger partial charge is 0.0363 e. The molecule has 2 heteroatoms. The van der Waals surface area contributed by atoms with Crippen LogP contribution in [0.4, 0.5) is 11.4 Å². The first-order valence-corrected chi connectivity index (χ1v) is 4.94. The number of allylic oxidation sites excluding steroid dienone is 1. The largest absolute Gasteiger partial charge is 0.399 e. The number of hydrogen-bond acceptors (Lipinski definition) is 2. The lowest BCUT2D eigenvalue weighted by Crippen LogP contribution is -2.01. The predicted molar refractivity (Wildman–Crippen MR) is 63.5 cm³/mol. The van der Waals surface area contributed by atoms with E-state index in [-0.39, 0.29) is 0 Å². The minimum absolute atomic E-state index is 0.818. The SMILES string of the molecule is C/C=C/CCNc1cc(C)cc(N)c1. The topological polar surface area (TPSA) is 38.0 Å². The standard InChI is InChI=1S/C12H18N2/c1-3-4-5-6-14-12-8-10(2)7-11(13)9-12/h3-4,7-9,14H,5-6,13H2,1-2H3/b4-3+. The van der Waals surface area contributed by atoms with E-state index in [2.05, 4.69) is 23.5 Å². The Labute approximate surface area is 85.8 Å². The molecule has 0 bridgehead atoms. The highest BCUT2D eigenvalue weighted by atomic mass is 14.9. The molecule has 0 spiro atoms. The maximum absolute atomic E-state index is 5.74. The average Bonchev–Trinajstić information content (AvgIpc) is 2.11. The lowest BCUT2D eigenvalue weighted by molar-refractivity contribution is 1.06. The number of nitrogen functional groups attached to an aromatic ring is 1. The number of aryl methyl sites for hydroxylation is 1. The van der Waals surface area contributed by atoms with Crippen LogP contribution in [0.25, 0.3) is 0 Å². The Morgan fingerprint density at radius 2 is 2.14 bits per heavy atom. The van der Waals surface area contributed by atoms with E-state index >= 15 is 0 Å².